The molecule has 1 aromatic carbocycles. The molecule has 0 radical (unpaired) electrons. The van der Waals surface area contributed by atoms with Crippen LogP contribution in [0.1, 0.15) is 16.1 Å². The van der Waals surface area contributed by atoms with Gasteiger partial charge in [0.15, 0.2) is 5.76 Å². The molecule has 0 fully saturated rings. The first kappa shape index (κ1) is 11.1. The van der Waals surface area contributed by atoms with Crippen LogP contribution < -0.4 is 0 Å². The minimum atomic E-state index is -0.132. The molecule has 17 heavy (non-hydrogen) atoms. The highest BCUT2D eigenvalue weighted by Crippen LogP contribution is 2.03. The van der Waals surface area contributed by atoms with Gasteiger partial charge in [0, 0.05) is 0 Å². The fraction of sp³-hybridized carbons (Fsp3) is 0. The average molecular weight is 224 g/mol. The van der Waals surface area contributed by atoms with Crippen LogP contribution in [-0.4, -0.2) is 5.78 Å². The Morgan fingerprint density at radius 3 is 2.53 bits per heavy atom. The Hall–Kier alpha value is -2.35. The Labute approximate surface area is 99.9 Å². The Bertz CT molecular complexity index is 519. The highest BCUT2D eigenvalue weighted by atomic mass is 16.3. The number of hydrogen-bond donors (Lipinski definition) is 0. The molecule has 0 spiro atoms. The lowest BCUT2D eigenvalue weighted by Gasteiger charge is -1.88. The molecule has 84 valence electrons. The molecule has 1 heterocycles. The Kier molecular flexibility index (Phi) is 3.71. The molecule has 1 aromatic heterocycles. The summed E-state index contributed by atoms with van der Waals surface area (Å²) in [6, 6.07) is 13.2. The number of benzene rings is 1. The lowest BCUT2D eigenvalue weighted by Crippen LogP contribution is -1.89. The van der Waals surface area contributed by atoms with E-state index in [0.29, 0.717) is 5.76 Å². The predicted octanol–water partition coefficient (Wildman–Crippen LogP) is 3.73. The first-order valence-corrected chi connectivity index (χ1v) is 5.34. The molecule has 0 amide bonds. The minimum absolute atomic E-state index is 0.132. The van der Waals surface area contributed by atoms with Crippen LogP contribution in [0, 0.1) is 0 Å². The Balaban J connectivity index is 1.94. The smallest absolute Gasteiger partial charge is 0.220 e. The van der Waals surface area contributed by atoms with Crippen LogP contribution in [0.15, 0.2) is 71.4 Å². The summed E-state index contributed by atoms with van der Waals surface area (Å²) in [6.07, 6.45) is 8.44. The Morgan fingerprint density at radius 2 is 1.82 bits per heavy atom. The van der Waals surface area contributed by atoms with E-state index < -0.39 is 0 Å². The van der Waals surface area contributed by atoms with Crippen molar-refractivity contribution in [1.29, 1.82) is 0 Å². The van der Waals surface area contributed by atoms with Crippen LogP contribution in [0.25, 0.3) is 6.08 Å². The van der Waals surface area contributed by atoms with Gasteiger partial charge in [0.05, 0.1) is 6.26 Å². The summed E-state index contributed by atoms with van der Waals surface area (Å²) >= 11 is 0. The Morgan fingerprint density at radius 1 is 1.00 bits per heavy atom. The first-order valence-electron chi connectivity index (χ1n) is 5.34. The molecule has 0 aliphatic rings. The van der Waals surface area contributed by atoms with E-state index in [1.165, 1.54) is 12.3 Å². The van der Waals surface area contributed by atoms with Crippen LogP contribution in [0.5, 0.6) is 0 Å². The standard InChI is InChI=1S/C15H12O2/c16-14(15-11-6-12-17-15)10-5-4-9-13-7-2-1-3-8-13/h1-12H/b9-4+,10-5-. The van der Waals surface area contributed by atoms with Gasteiger partial charge < -0.3 is 4.42 Å². The van der Waals surface area contributed by atoms with Crippen LogP contribution >= 0.6 is 0 Å². The van der Waals surface area contributed by atoms with Crippen LogP contribution in [0.2, 0.25) is 0 Å². The largest absolute Gasteiger partial charge is 0.461 e. The van der Waals surface area contributed by atoms with E-state index in [1.807, 2.05) is 42.5 Å². The maximum Gasteiger partial charge on any atom is 0.220 e. The number of furan rings is 1. The summed E-state index contributed by atoms with van der Waals surface area (Å²) in [5.74, 6) is 0.224. The monoisotopic (exact) mass is 224 g/mol. The molecule has 2 heteroatoms. The summed E-state index contributed by atoms with van der Waals surface area (Å²) in [7, 11) is 0. The van der Waals surface area contributed by atoms with Crippen molar-refractivity contribution in [3.8, 4) is 0 Å². The van der Waals surface area contributed by atoms with Crippen LogP contribution in [0.3, 0.4) is 0 Å². The van der Waals surface area contributed by atoms with Gasteiger partial charge in [-0.2, -0.15) is 0 Å². The maximum atomic E-state index is 11.5. The summed E-state index contributed by atoms with van der Waals surface area (Å²) in [4.78, 5) is 11.5. The lowest BCUT2D eigenvalue weighted by molar-refractivity contribution is 0.102. The van der Waals surface area contributed by atoms with Gasteiger partial charge in [0.25, 0.3) is 0 Å². The number of carbonyl (C=O) groups excluding carboxylic acids is 1. The quantitative estimate of drug-likeness (QED) is 0.450. The van der Waals surface area contributed by atoms with E-state index in [1.54, 1.807) is 18.2 Å². The third kappa shape index (κ3) is 3.31. The van der Waals surface area contributed by atoms with Gasteiger partial charge in [-0.25, -0.2) is 0 Å². The van der Waals surface area contributed by atoms with Gasteiger partial charge in [-0.15, -0.1) is 0 Å². The van der Waals surface area contributed by atoms with Crippen molar-refractivity contribution in [3.05, 3.63) is 78.3 Å². The fourth-order valence-electron chi connectivity index (χ4n) is 1.37. The summed E-state index contributed by atoms with van der Waals surface area (Å²) in [6.45, 7) is 0. The van der Waals surface area contributed by atoms with Gasteiger partial charge in [-0.3, -0.25) is 4.79 Å². The highest BCUT2D eigenvalue weighted by Gasteiger charge is 2.01. The molecule has 0 bridgehead atoms. The van der Waals surface area contributed by atoms with Crippen molar-refractivity contribution in [2.45, 2.75) is 0 Å². The lowest BCUT2D eigenvalue weighted by atomic mass is 10.2. The van der Waals surface area contributed by atoms with Crippen molar-refractivity contribution in [1.82, 2.24) is 0 Å². The maximum absolute atomic E-state index is 11.5. The SMILES string of the molecule is O=C(/C=C\C=C\c1ccccc1)c1ccco1. The summed E-state index contributed by atoms with van der Waals surface area (Å²) in [5, 5.41) is 0. The van der Waals surface area contributed by atoms with E-state index in [-0.39, 0.29) is 5.78 Å². The molecule has 0 saturated carbocycles. The topological polar surface area (TPSA) is 30.2 Å². The molecule has 0 atom stereocenters. The number of allylic oxidation sites excluding steroid dienone is 3. The van der Waals surface area contributed by atoms with E-state index >= 15 is 0 Å². The second-order valence-electron chi connectivity index (χ2n) is 3.47. The van der Waals surface area contributed by atoms with Crippen molar-refractivity contribution in [2.75, 3.05) is 0 Å². The van der Waals surface area contributed by atoms with Crippen molar-refractivity contribution >= 4 is 11.9 Å². The number of carbonyl (C=O) groups is 1. The number of ketones is 1. The van der Waals surface area contributed by atoms with Crippen LogP contribution in [0.4, 0.5) is 0 Å². The number of rotatable bonds is 4. The third-order valence-corrected chi connectivity index (χ3v) is 2.21. The summed E-state index contributed by atoms with van der Waals surface area (Å²) in [5.41, 5.74) is 1.10. The second kappa shape index (κ2) is 5.66. The van der Waals surface area contributed by atoms with Crippen molar-refractivity contribution in [2.24, 2.45) is 0 Å². The summed E-state index contributed by atoms with van der Waals surface area (Å²) < 4.78 is 4.99. The van der Waals surface area contributed by atoms with Gasteiger partial charge in [-0.05, 0) is 23.8 Å². The molecule has 2 rings (SSSR count). The van der Waals surface area contributed by atoms with E-state index in [9.17, 15) is 4.79 Å². The fourth-order valence-corrected chi connectivity index (χ4v) is 1.37. The molecular weight excluding hydrogens is 212 g/mol. The second-order valence-corrected chi connectivity index (χ2v) is 3.47. The third-order valence-electron chi connectivity index (χ3n) is 2.21. The molecule has 0 saturated heterocycles. The molecule has 0 N–H and O–H groups in total. The van der Waals surface area contributed by atoms with E-state index in [0.717, 1.165) is 5.56 Å². The van der Waals surface area contributed by atoms with Gasteiger partial charge >= 0.3 is 0 Å². The predicted molar refractivity (Wildman–Crippen MR) is 67.7 cm³/mol. The van der Waals surface area contributed by atoms with Gasteiger partial charge in [-0.1, -0.05) is 48.6 Å². The molecule has 0 aliphatic carbocycles. The molecular formula is C15H12O2. The molecule has 2 nitrogen and oxygen atoms in total. The zero-order valence-electron chi connectivity index (χ0n) is 9.24. The first-order chi connectivity index (χ1) is 8.36. The van der Waals surface area contributed by atoms with E-state index in [4.69, 9.17) is 4.42 Å². The van der Waals surface area contributed by atoms with Gasteiger partial charge in [0.1, 0.15) is 0 Å². The number of hydrogen-bond acceptors (Lipinski definition) is 2. The molecule has 2 aromatic rings. The zero-order valence-corrected chi connectivity index (χ0v) is 9.24. The van der Waals surface area contributed by atoms with Gasteiger partial charge in [0.2, 0.25) is 5.78 Å². The normalized spacial score (nSPS) is 11.3. The average Bonchev–Trinajstić information content (AvgIpc) is 2.89. The molecule has 0 unspecified atom stereocenters. The highest BCUT2D eigenvalue weighted by molar-refractivity contribution is 6.02. The van der Waals surface area contributed by atoms with E-state index in [2.05, 4.69) is 0 Å². The zero-order chi connectivity index (χ0) is 11.9. The van der Waals surface area contributed by atoms with Crippen LogP contribution in [-0.2, 0) is 0 Å². The van der Waals surface area contributed by atoms with Crippen molar-refractivity contribution < 1.29 is 9.21 Å². The van der Waals surface area contributed by atoms with Crippen molar-refractivity contribution in [3.63, 3.8) is 0 Å². The molecule has 0 aliphatic heterocycles. The minimum Gasteiger partial charge on any atom is -0.461 e.